The van der Waals surface area contributed by atoms with Crippen molar-refractivity contribution in [3.8, 4) is 22.3 Å². The molecule has 0 radical (unpaired) electrons. The number of amides is 1. The highest BCUT2D eigenvalue weighted by Gasteiger charge is 2.20. The quantitative estimate of drug-likeness (QED) is 0.641. The van der Waals surface area contributed by atoms with Gasteiger partial charge in [-0.3, -0.25) is 9.78 Å². The molecule has 1 heterocycles. The van der Waals surface area contributed by atoms with Crippen LogP contribution in [0.25, 0.3) is 22.3 Å². The second-order valence-electron chi connectivity index (χ2n) is 7.60. The van der Waals surface area contributed by atoms with Gasteiger partial charge in [0.05, 0.1) is 0 Å². The van der Waals surface area contributed by atoms with Crippen LogP contribution in [0.3, 0.4) is 0 Å². The molecule has 3 aromatic rings. The van der Waals surface area contributed by atoms with Gasteiger partial charge in [-0.25, -0.2) is 0 Å². The van der Waals surface area contributed by atoms with E-state index in [0.717, 1.165) is 28.7 Å². The summed E-state index contributed by atoms with van der Waals surface area (Å²) in [7, 11) is 0. The highest BCUT2D eigenvalue weighted by molar-refractivity contribution is 5.97. The maximum atomic E-state index is 12.9. The molecule has 138 valence electrons. The molecule has 2 aromatic carbocycles. The Morgan fingerprint density at radius 1 is 0.963 bits per heavy atom. The van der Waals surface area contributed by atoms with E-state index in [9.17, 15) is 4.79 Å². The summed E-state index contributed by atoms with van der Waals surface area (Å²) in [4.78, 5) is 17.1. The summed E-state index contributed by atoms with van der Waals surface area (Å²) in [6.45, 7) is 8.22. The van der Waals surface area contributed by atoms with Crippen molar-refractivity contribution in [2.45, 2.75) is 39.7 Å². The third kappa shape index (κ3) is 4.62. The average Bonchev–Trinajstić information content (AvgIpc) is 2.68. The number of carbonyl (C=O) groups is 1. The van der Waals surface area contributed by atoms with Crippen molar-refractivity contribution in [2.75, 3.05) is 0 Å². The lowest BCUT2D eigenvalue weighted by Gasteiger charge is -2.24. The zero-order valence-corrected chi connectivity index (χ0v) is 16.4. The minimum Gasteiger partial charge on any atom is -0.347 e. The largest absolute Gasteiger partial charge is 0.347 e. The molecule has 0 aliphatic heterocycles. The van der Waals surface area contributed by atoms with Gasteiger partial charge in [0.15, 0.2) is 0 Å². The molecule has 0 aliphatic carbocycles. The molecule has 3 nitrogen and oxygen atoms in total. The molecule has 1 aromatic heterocycles. The predicted octanol–water partition coefficient (Wildman–Crippen LogP) is 5.64. The Kier molecular flexibility index (Phi) is 5.41. The van der Waals surface area contributed by atoms with E-state index in [1.165, 1.54) is 5.56 Å². The fraction of sp³-hybridized carbons (Fsp3) is 0.250. The topological polar surface area (TPSA) is 42.0 Å². The first kappa shape index (κ1) is 18.8. The van der Waals surface area contributed by atoms with Crippen molar-refractivity contribution in [3.63, 3.8) is 0 Å². The fourth-order valence-electron chi connectivity index (χ4n) is 2.84. The number of nitrogens with zero attached hydrogens (tertiary/aromatic N) is 1. The molecule has 27 heavy (non-hydrogen) atoms. The standard InChI is InChI=1S/C24H26N2O/c1-5-24(3,4)26-23(27)22-14-20(18-10-8-17(2)9-11-18)13-21(15-22)19-7-6-12-25-16-19/h6-16H,5H2,1-4H3,(H,26,27). The predicted molar refractivity (Wildman–Crippen MR) is 112 cm³/mol. The summed E-state index contributed by atoms with van der Waals surface area (Å²) < 4.78 is 0. The van der Waals surface area contributed by atoms with Crippen LogP contribution in [0.2, 0.25) is 0 Å². The lowest BCUT2D eigenvalue weighted by molar-refractivity contribution is 0.0911. The van der Waals surface area contributed by atoms with Crippen LogP contribution in [0.5, 0.6) is 0 Å². The molecule has 1 N–H and O–H groups in total. The number of aryl methyl sites for hydroxylation is 1. The van der Waals surface area contributed by atoms with E-state index in [1.807, 2.05) is 44.3 Å². The summed E-state index contributed by atoms with van der Waals surface area (Å²) in [6.07, 6.45) is 4.45. The van der Waals surface area contributed by atoms with Crippen LogP contribution in [0.15, 0.2) is 67.0 Å². The Labute approximate surface area is 161 Å². The zero-order valence-electron chi connectivity index (χ0n) is 16.4. The third-order valence-corrected chi connectivity index (χ3v) is 4.91. The number of pyridine rings is 1. The van der Waals surface area contributed by atoms with E-state index in [1.54, 1.807) is 6.20 Å². The number of hydrogen-bond donors (Lipinski definition) is 1. The number of carbonyl (C=O) groups excluding carboxylic acids is 1. The first-order valence-electron chi connectivity index (χ1n) is 9.33. The van der Waals surface area contributed by atoms with Crippen molar-refractivity contribution < 1.29 is 4.79 Å². The van der Waals surface area contributed by atoms with E-state index in [4.69, 9.17) is 0 Å². The maximum absolute atomic E-state index is 12.9. The van der Waals surface area contributed by atoms with Crippen LogP contribution in [0.1, 0.15) is 43.1 Å². The zero-order chi connectivity index (χ0) is 19.4. The summed E-state index contributed by atoms with van der Waals surface area (Å²) >= 11 is 0. The molecule has 0 saturated heterocycles. The van der Waals surface area contributed by atoms with Gasteiger partial charge in [0.1, 0.15) is 0 Å². The van der Waals surface area contributed by atoms with Crippen LogP contribution in [-0.2, 0) is 0 Å². The van der Waals surface area contributed by atoms with Gasteiger partial charge in [-0.2, -0.15) is 0 Å². The van der Waals surface area contributed by atoms with Crippen LogP contribution in [0, 0.1) is 6.92 Å². The molecule has 0 atom stereocenters. The molecule has 3 heteroatoms. The van der Waals surface area contributed by atoms with E-state index in [-0.39, 0.29) is 11.4 Å². The van der Waals surface area contributed by atoms with E-state index in [2.05, 4.69) is 54.5 Å². The van der Waals surface area contributed by atoms with E-state index in [0.29, 0.717) is 5.56 Å². The first-order chi connectivity index (χ1) is 12.9. The maximum Gasteiger partial charge on any atom is 0.251 e. The van der Waals surface area contributed by atoms with Crippen molar-refractivity contribution in [1.29, 1.82) is 0 Å². The summed E-state index contributed by atoms with van der Waals surface area (Å²) in [5.74, 6) is -0.0547. The Bertz CT molecular complexity index is 928. The van der Waals surface area contributed by atoms with Crippen molar-refractivity contribution in [2.24, 2.45) is 0 Å². The molecular weight excluding hydrogens is 332 g/mol. The molecule has 1 amide bonds. The smallest absolute Gasteiger partial charge is 0.251 e. The lowest BCUT2D eigenvalue weighted by atomic mass is 9.95. The van der Waals surface area contributed by atoms with Gasteiger partial charge in [-0.1, -0.05) is 42.8 Å². The first-order valence-corrected chi connectivity index (χ1v) is 9.33. The summed E-state index contributed by atoms with van der Waals surface area (Å²) in [6, 6.07) is 18.3. The van der Waals surface area contributed by atoms with Crippen LogP contribution in [-0.4, -0.2) is 16.4 Å². The average molecular weight is 358 g/mol. The Morgan fingerprint density at radius 2 is 1.63 bits per heavy atom. The Hall–Kier alpha value is -2.94. The van der Waals surface area contributed by atoms with E-state index < -0.39 is 0 Å². The second kappa shape index (κ2) is 7.75. The van der Waals surface area contributed by atoms with E-state index >= 15 is 0 Å². The van der Waals surface area contributed by atoms with Gasteiger partial charge in [-0.05, 0) is 68.1 Å². The minimum atomic E-state index is -0.245. The molecule has 0 spiro atoms. The van der Waals surface area contributed by atoms with Crippen LogP contribution >= 0.6 is 0 Å². The minimum absolute atomic E-state index is 0.0547. The number of nitrogens with one attached hydrogen (secondary N) is 1. The molecule has 3 rings (SSSR count). The molecule has 0 fully saturated rings. The number of hydrogen-bond acceptors (Lipinski definition) is 2. The van der Waals surface area contributed by atoms with Gasteiger partial charge < -0.3 is 5.32 Å². The summed E-state index contributed by atoms with van der Waals surface area (Å²) in [5, 5.41) is 3.13. The van der Waals surface area contributed by atoms with Gasteiger partial charge in [-0.15, -0.1) is 0 Å². The SMILES string of the molecule is CCC(C)(C)NC(=O)c1cc(-c2ccc(C)cc2)cc(-c2cccnc2)c1. The number of rotatable bonds is 5. The van der Waals surface area contributed by atoms with Crippen LogP contribution in [0.4, 0.5) is 0 Å². The van der Waals surface area contributed by atoms with Crippen molar-refractivity contribution in [3.05, 3.63) is 78.1 Å². The van der Waals surface area contributed by atoms with Gasteiger partial charge in [0.2, 0.25) is 0 Å². The highest BCUT2D eigenvalue weighted by Crippen LogP contribution is 2.28. The van der Waals surface area contributed by atoms with Gasteiger partial charge in [0, 0.05) is 29.1 Å². The number of aromatic nitrogens is 1. The molecular formula is C24H26N2O. The molecule has 0 bridgehead atoms. The third-order valence-electron chi connectivity index (χ3n) is 4.91. The second-order valence-corrected chi connectivity index (χ2v) is 7.60. The number of benzene rings is 2. The van der Waals surface area contributed by atoms with Gasteiger partial charge >= 0.3 is 0 Å². The summed E-state index contributed by atoms with van der Waals surface area (Å²) in [5.41, 5.74) is 5.73. The molecule has 0 unspecified atom stereocenters. The van der Waals surface area contributed by atoms with Gasteiger partial charge in [0.25, 0.3) is 5.91 Å². The van der Waals surface area contributed by atoms with Crippen molar-refractivity contribution >= 4 is 5.91 Å². The van der Waals surface area contributed by atoms with Crippen LogP contribution < -0.4 is 5.32 Å². The Morgan fingerprint density at radius 3 is 2.22 bits per heavy atom. The highest BCUT2D eigenvalue weighted by atomic mass is 16.1. The monoisotopic (exact) mass is 358 g/mol. The normalized spacial score (nSPS) is 11.3. The molecule has 0 aliphatic rings. The fourth-order valence-corrected chi connectivity index (χ4v) is 2.84. The Balaban J connectivity index is 2.08. The lowest BCUT2D eigenvalue weighted by Crippen LogP contribution is -2.42. The van der Waals surface area contributed by atoms with Crippen molar-refractivity contribution in [1.82, 2.24) is 10.3 Å². The molecule has 0 saturated carbocycles.